The first-order valence-electron chi connectivity index (χ1n) is 8.84. The van der Waals surface area contributed by atoms with E-state index in [0.29, 0.717) is 6.54 Å². The summed E-state index contributed by atoms with van der Waals surface area (Å²) < 4.78 is 5.13. The van der Waals surface area contributed by atoms with Crippen molar-refractivity contribution in [1.29, 1.82) is 0 Å². The molecule has 1 heterocycles. The van der Waals surface area contributed by atoms with Crippen molar-refractivity contribution in [2.24, 2.45) is 0 Å². The Morgan fingerprint density at radius 3 is 2.54 bits per heavy atom. The van der Waals surface area contributed by atoms with E-state index in [1.54, 1.807) is 7.11 Å². The van der Waals surface area contributed by atoms with E-state index in [-0.39, 0.29) is 5.91 Å². The molecular weight excluding hydrogens is 350 g/mol. The summed E-state index contributed by atoms with van der Waals surface area (Å²) in [5.74, 6) is 0.818. The van der Waals surface area contributed by atoms with E-state index in [1.807, 2.05) is 36.4 Å². The fourth-order valence-electron chi connectivity index (χ4n) is 3.29. The number of amides is 1. The van der Waals surface area contributed by atoms with Gasteiger partial charge in [-0.15, -0.1) is 0 Å². The minimum atomic E-state index is 0.0394. The van der Waals surface area contributed by atoms with Gasteiger partial charge in [-0.2, -0.15) is 0 Å². The van der Waals surface area contributed by atoms with Crippen LogP contribution in [0.3, 0.4) is 0 Å². The molecule has 1 amide bonds. The Bertz CT molecular complexity index is 756. The van der Waals surface area contributed by atoms with Crippen LogP contribution in [0.2, 0.25) is 5.02 Å². The number of halogens is 1. The molecule has 2 aromatic carbocycles. The molecule has 0 atom stereocenters. The highest BCUT2D eigenvalue weighted by atomic mass is 35.5. The third-order valence-electron chi connectivity index (χ3n) is 4.83. The summed E-state index contributed by atoms with van der Waals surface area (Å²) in [6.07, 6.45) is 0. The van der Waals surface area contributed by atoms with E-state index in [2.05, 4.69) is 23.2 Å². The van der Waals surface area contributed by atoms with Gasteiger partial charge in [0, 0.05) is 16.4 Å². The van der Waals surface area contributed by atoms with Crippen molar-refractivity contribution >= 4 is 28.9 Å². The van der Waals surface area contributed by atoms with Gasteiger partial charge in [-0.3, -0.25) is 4.79 Å². The smallest absolute Gasteiger partial charge is 0.279 e. The molecule has 0 spiro atoms. The number of ether oxygens (including phenoxy) is 1. The van der Waals surface area contributed by atoms with Gasteiger partial charge in [0.2, 0.25) is 0 Å². The van der Waals surface area contributed by atoms with Gasteiger partial charge >= 0.3 is 0 Å². The average molecular weight is 375 g/mol. The monoisotopic (exact) mass is 374 g/mol. The molecule has 1 aliphatic rings. The Morgan fingerprint density at radius 1 is 1.19 bits per heavy atom. The third kappa shape index (κ3) is 4.48. The van der Waals surface area contributed by atoms with E-state index in [9.17, 15) is 4.79 Å². The lowest BCUT2D eigenvalue weighted by molar-refractivity contribution is -0.892. The molecule has 5 nitrogen and oxygen atoms in total. The van der Waals surface area contributed by atoms with Crippen LogP contribution in [0.4, 0.5) is 11.4 Å². The Morgan fingerprint density at radius 2 is 1.88 bits per heavy atom. The van der Waals surface area contributed by atoms with E-state index >= 15 is 0 Å². The lowest BCUT2D eigenvalue weighted by atomic mass is 10.1. The van der Waals surface area contributed by atoms with Crippen LogP contribution in [-0.2, 0) is 4.79 Å². The second-order valence-electron chi connectivity index (χ2n) is 6.57. The van der Waals surface area contributed by atoms with Gasteiger partial charge in [0.25, 0.3) is 5.91 Å². The first-order valence-corrected chi connectivity index (χ1v) is 9.22. The van der Waals surface area contributed by atoms with Gasteiger partial charge < -0.3 is 19.9 Å². The fraction of sp³-hybridized carbons (Fsp3) is 0.350. The number of methoxy groups -OCH3 is 1. The van der Waals surface area contributed by atoms with E-state index in [4.69, 9.17) is 16.3 Å². The van der Waals surface area contributed by atoms with Crippen LogP contribution >= 0.6 is 11.6 Å². The van der Waals surface area contributed by atoms with Crippen molar-refractivity contribution in [2.45, 2.75) is 6.92 Å². The number of carbonyl (C=O) groups excluding carboxylic acids is 1. The first kappa shape index (κ1) is 18.5. The van der Waals surface area contributed by atoms with Crippen LogP contribution in [0, 0.1) is 6.92 Å². The van der Waals surface area contributed by atoms with Gasteiger partial charge in [-0.1, -0.05) is 17.7 Å². The van der Waals surface area contributed by atoms with Crippen molar-refractivity contribution < 1.29 is 14.4 Å². The summed E-state index contributed by atoms with van der Waals surface area (Å²) in [6, 6.07) is 13.4. The van der Waals surface area contributed by atoms with Crippen LogP contribution in [-0.4, -0.2) is 45.7 Å². The molecule has 1 saturated heterocycles. The van der Waals surface area contributed by atoms with Gasteiger partial charge in [-0.05, 0) is 48.9 Å². The Labute approximate surface area is 159 Å². The maximum Gasteiger partial charge on any atom is 0.279 e. The number of quaternary nitrogens is 1. The van der Waals surface area contributed by atoms with E-state index < -0.39 is 0 Å². The van der Waals surface area contributed by atoms with Crippen LogP contribution in [0.1, 0.15) is 5.56 Å². The predicted molar refractivity (Wildman–Crippen MR) is 106 cm³/mol. The number of nitrogens with zero attached hydrogens (tertiary/aromatic N) is 1. The van der Waals surface area contributed by atoms with Crippen molar-refractivity contribution in [2.75, 3.05) is 50.1 Å². The molecule has 1 fully saturated rings. The zero-order chi connectivity index (χ0) is 18.5. The molecule has 2 N–H and O–H groups in total. The molecule has 0 unspecified atom stereocenters. The number of rotatable bonds is 5. The van der Waals surface area contributed by atoms with Crippen LogP contribution in [0.5, 0.6) is 5.75 Å². The van der Waals surface area contributed by atoms with Crippen LogP contribution < -0.4 is 19.9 Å². The number of hydrogen-bond donors (Lipinski definition) is 2. The molecule has 0 aromatic heterocycles. The summed E-state index contributed by atoms with van der Waals surface area (Å²) in [4.78, 5) is 15.9. The normalized spacial score (nSPS) is 15.0. The number of carbonyl (C=O) groups is 1. The third-order valence-corrected chi connectivity index (χ3v) is 5.24. The molecule has 0 saturated carbocycles. The maximum atomic E-state index is 12.3. The molecule has 2 aromatic rings. The quantitative estimate of drug-likeness (QED) is 0.841. The molecule has 1 aliphatic heterocycles. The van der Waals surface area contributed by atoms with Crippen molar-refractivity contribution in [3.8, 4) is 5.75 Å². The minimum Gasteiger partial charge on any atom is -0.497 e. The zero-order valence-corrected chi connectivity index (χ0v) is 16.0. The highest BCUT2D eigenvalue weighted by Crippen LogP contribution is 2.26. The SMILES string of the molecule is COc1ccc(NC(=O)C[NH+]2CCN(c3cccc(Cl)c3C)CC2)cc1. The highest BCUT2D eigenvalue weighted by Gasteiger charge is 2.23. The molecule has 0 radical (unpaired) electrons. The number of anilines is 2. The molecular formula is C20H25ClN3O2+. The highest BCUT2D eigenvalue weighted by molar-refractivity contribution is 6.31. The number of hydrogen-bond acceptors (Lipinski definition) is 3. The van der Waals surface area contributed by atoms with E-state index in [1.165, 1.54) is 10.6 Å². The van der Waals surface area contributed by atoms with E-state index in [0.717, 1.165) is 48.2 Å². The summed E-state index contributed by atoms with van der Waals surface area (Å²) in [5, 5.41) is 3.76. The van der Waals surface area contributed by atoms with Gasteiger partial charge in [-0.25, -0.2) is 0 Å². The standard InChI is InChI=1S/C20H24ClN3O2/c1-15-18(21)4-3-5-19(15)24-12-10-23(11-13-24)14-20(25)22-16-6-8-17(26-2)9-7-16/h3-9H,10-14H2,1-2H3,(H,22,25)/p+1. The van der Waals surface area contributed by atoms with Gasteiger partial charge in [0.15, 0.2) is 6.54 Å². The largest absolute Gasteiger partial charge is 0.497 e. The minimum absolute atomic E-state index is 0.0394. The fourth-order valence-corrected chi connectivity index (χ4v) is 3.46. The second-order valence-corrected chi connectivity index (χ2v) is 6.98. The Balaban J connectivity index is 1.50. The number of piperazine rings is 1. The molecule has 0 bridgehead atoms. The summed E-state index contributed by atoms with van der Waals surface area (Å²) in [7, 11) is 1.63. The molecule has 3 rings (SSSR count). The lowest BCUT2D eigenvalue weighted by Gasteiger charge is -2.34. The number of benzene rings is 2. The number of nitrogens with one attached hydrogen (secondary N) is 2. The van der Waals surface area contributed by atoms with Crippen LogP contribution in [0.15, 0.2) is 42.5 Å². The topological polar surface area (TPSA) is 46.0 Å². The molecule has 0 aliphatic carbocycles. The second kappa shape index (κ2) is 8.43. The first-order chi connectivity index (χ1) is 12.6. The predicted octanol–water partition coefficient (Wildman–Crippen LogP) is 2.00. The molecule has 26 heavy (non-hydrogen) atoms. The average Bonchev–Trinajstić information content (AvgIpc) is 2.65. The Kier molecular flexibility index (Phi) is 6.01. The maximum absolute atomic E-state index is 12.3. The molecule has 6 heteroatoms. The van der Waals surface area contributed by atoms with Crippen molar-refractivity contribution in [3.05, 3.63) is 53.1 Å². The van der Waals surface area contributed by atoms with Crippen LogP contribution in [0.25, 0.3) is 0 Å². The summed E-state index contributed by atoms with van der Waals surface area (Å²) >= 11 is 6.23. The molecule has 138 valence electrons. The lowest BCUT2D eigenvalue weighted by Crippen LogP contribution is -3.15. The van der Waals surface area contributed by atoms with Crippen molar-refractivity contribution in [3.63, 3.8) is 0 Å². The zero-order valence-electron chi connectivity index (χ0n) is 15.2. The van der Waals surface area contributed by atoms with Crippen molar-refractivity contribution in [1.82, 2.24) is 0 Å². The summed E-state index contributed by atoms with van der Waals surface area (Å²) in [6.45, 7) is 6.25. The summed E-state index contributed by atoms with van der Waals surface area (Å²) in [5.41, 5.74) is 3.11. The van der Waals surface area contributed by atoms with Gasteiger partial charge in [0.05, 0.1) is 33.3 Å². The van der Waals surface area contributed by atoms with Gasteiger partial charge in [0.1, 0.15) is 5.75 Å². The Hall–Kier alpha value is -2.24.